The van der Waals surface area contributed by atoms with E-state index in [1.54, 1.807) is 35.4 Å². The number of carboxylic acid groups (broad SMARTS) is 1. The molecule has 3 aromatic rings. The van der Waals surface area contributed by atoms with Crippen LogP contribution in [0.2, 0.25) is 5.02 Å². The Bertz CT molecular complexity index is 1720. The van der Waals surface area contributed by atoms with E-state index in [4.69, 9.17) is 32.2 Å². The van der Waals surface area contributed by atoms with Gasteiger partial charge in [-0.2, -0.15) is 0 Å². The number of hydrogen-bond donors (Lipinski definition) is 3. The topological polar surface area (TPSA) is 154 Å². The lowest BCUT2D eigenvalue weighted by atomic mass is 9.95. The number of nitrogens with one attached hydrogen (secondary N) is 1. The largest absolute Gasteiger partial charge is 0.480 e. The second kappa shape index (κ2) is 13.2. The molecule has 1 aromatic heterocycles. The molecule has 0 radical (unpaired) electrons. The molecule has 240 valence electrons. The Morgan fingerprint density at radius 2 is 2.00 bits per heavy atom. The summed E-state index contributed by atoms with van der Waals surface area (Å²) in [6.45, 7) is 2.35. The summed E-state index contributed by atoms with van der Waals surface area (Å²) in [7, 11) is 1.29. The predicted molar refractivity (Wildman–Crippen MR) is 170 cm³/mol. The van der Waals surface area contributed by atoms with Crippen molar-refractivity contribution in [1.29, 1.82) is 0 Å². The zero-order chi connectivity index (χ0) is 32.5. The number of aliphatic carboxylic acids is 1. The number of hydrogen-bond acceptors (Lipinski definition) is 10. The van der Waals surface area contributed by atoms with Gasteiger partial charge in [-0.05, 0) is 36.2 Å². The molecule has 3 aliphatic heterocycles. The first-order valence-electron chi connectivity index (χ1n) is 14.5. The minimum Gasteiger partial charge on any atom is -0.480 e. The number of nitrogens with two attached hydrogens (primary N) is 1. The summed E-state index contributed by atoms with van der Waals surface area (Å²) in [5.41, 5.74) is 8.42. The molecule has 3 aliphatic rings. The minimum atomic E-state index is -1.07. The van der Waals surface area contributed by atoms with Crippen molar-refractivity contribution in [2.45, 2.75) is 24.5 Å². The van der Waals surface area contributed by atoms with Crippen molar-refractivity contribution in [2.75, 3.05) is 44.7 Å². The number of aliphatic imine (C=N–C) groups is 1. The average molecular weight is 668 g/mol. The van der Waals surface area contributed by atoms with Crippen molar-refractivity contribution >= 4 is 52.4 Å². The van der Waals surface area contributed by atoms with E-state index in [-0.39, 0.29) is 29.1 Å². The number of rotatable bonds is 9. The van der Waals surface area contributed by atoms with Crippen LogP contribution in [-0.2, 0) is 20.7 Å². The summed E-state index contributed by atoms with van der Waals surface area (Å²) < 4.78 is 19.2. The van der Waals surface area contributed by atoms with E-state index < -0.39 is 29.8 Å². The SMILES string of the molecule is COC(=O)C1=C(CN2CCN3C(=O)N(c4ccc(CC(N)C(=O)O)cc4)C[C@@H]3C2)NC(c2nccs2)=N[C@H]1c1ccc(F)cc1Cl. The van der Waals surface area contributed by atoms with Crippen LogP contribution in [-0.4, -0.2) is 95.6 Å². The van der Waals surface area contributed by atoms with Gasteiger partial charge in [0.1, 0.15) is 17.9 Å². The lowest BCUT2D eigenvalue weighted by Crippen LogP contribution is -2.53. The van der Waals surface area contributed by atoms with E-state index in [1.165, 1.54) is 36.6 Å². The third kappa shape index (κ3) is 6.33. The summed E-state index contributed by atoms with van der Waals surface area (Å²) in [5, 5.41) is 15.0. The molecule has 2 aromatic carbocycles. The van der Waals surface area contributed by atoms with Gasteiger partial charge in [0.15, 0.2) is 10.8 Å². The van der Waals surface area contributed by atoms with E-state index in [0.29, 0.717) is 60.5 Å². The molecule has 6 rings (SSSR count). The molecule has 0 spiro atoms. The van der Waals surface area contributed by atoms with Crippen molar-refractivity contribution in [3.8, 4) is 0 Å². The summed E-state index contributed by atoms with van der Waals surface area (Å²) in [6, 6.07) is 9.08. The predicted octanol–water partition coefficient (Wildman–Crippen LogP) is 3.03. The third-order valence-electron chi connectivity index (χ3n) is 8.26. The molecule has 46 heavy (non-hydrogen) atoms. The zero-order valence-corrected chi connectivity index (χ0v) is 26.3. The molecule has 2 fully saturated rings. The lowest BCUT2D eigenvalue weighted by Gasteiger charge is -2.38. The van der Waals surface area contributed by atoms with Gasteiger partial charge in [0, 0.05) is 66.3 Å². The number of benzene rings is 2. The van der Waals surface area contributed by atoms with Crippen molar-refractivity contribution in [1.82, 2.24) is 20.1 Å². The quantitative estimate of drug-likeness (QED) is 0.292. The number of nitrogens with zero attached hydrogens (tertiary/aromatic N) is 5. The van der Waals surface area contributed by atoms with Gasteiger partial charge in [-0.25, -0.2) is 19.0 Å². The Kier molecular flexibility index (Phi) is 9.04. The van der Waals surface area contributed by atoms with Crippen LogP contribution in [0.4, 0.5) is 14.9 Å². The summed E-state index contributed by atoms with van der Waals surface area (Å²) in [5.74, 6) is -1.72. The highest BCUT2D eigenvalue weighted by Gasteiger charge is 2.42. The first kappa shape index (κ1) is 31.6. The molecule has 3 atom stereocenters. The van der Waals surface area contributed by atoms with Gasteiger partial charge in [0.05, 0.1) is 18.7 Å². The van der Waals surface area contributed by atoms with Crippen LogP contribution in [0, 0.1) is 5.82 Å². The summed E-state index contributed by atoms with van der Waals surface area (Å²) >= 11 is 7.85. The maximum Gasteiger partial charge on any atom is 0.338 e. The van der Waals surface area contributed by atoms with Crippen LogP contribution in [0.15, 0.2) is 70.3 Å². The first-order chi connectivity index (χ1) is 22.1. The number of urea groups is 1. The Morgan fingerprint density at radius 3 is 2.67 bits per heavy atom. The van der Waals surface area contributed by atoms with Crippen LogP contribution in [0.5, 0.6) is 0 Å². The zero-order valence-electron chi connectivity index (χ0n) is 24.7. The molecular weight excluding hydrogens is 637 g/mol. The number of ether oxygens (including phenoxy) is 1. The summed E-state index contributed by atoms with van der Waals surface area (Å²) in [4.78, 5) is 52.7. The van der Waals surface area contributed by atoms with E-state index >= 15 is 0 Å². The monoisotopic (exact) mass is 667 g/mol. The normalized spacial score (nSPS) is 20.7. The van der Waals surface area contributed by atoms with Gasteiger partial charge >= 0.3 is 18.0 Å². The lowest BCUT2D eigenvalue weighted by molar-refractivity contribution is -0.138. The number of amidine groups is 1. The number of amides is 2. The molecule has 2 amide bonds. The van der Waals surface area contributed by atoms with Gasteiger partial charge in [-0.15, -0.1) is 11.3 Å². The van der Waals surface area contributed by atoms with Crippen molar-refractivity contribution in [2.24, 2.45) is 10.7 Å². The molecule has 15 heteroatoms. The highest BCUT2D eigenvalue weighted by atomic mass is 35.5. The molecule has 4 N–H and O–H groups in total. The maximum absolute atomic E-state index is 14.0. The Hall–Kier alpha value is -4.37. The van der Waals surface area contributed by atoms with Crippen LogP contribution >= 0.6 is 22.9 Å². The molecule has 0 saturated carbocycles. The smallest absolute Gasteiger partial charge is 0.338 e. The van der Waals surface area contributed by atoms with Crippen LogP contribution in [0.1, 0.15) is 22.2 Å². The highest BCUT2D eigenvalue weighted by Crippen LogP contribution is 2.37. The van der Waals surface area contributed by atoms with E-state index in [1.807, 2.05) is 10.3 Å². The Balaban J connectivity index is 1.24. The molecule has 0 aliphatic carbocycles. The number of aromatic nitrogens is 1. The van der Waals surface area contributed by atoms with E-state index in [2.05, 4.69) is 15.2 Å². The number of esters is 1. The fourth-order valence-electron chi connectivity index (χ4n) is 5.98. The standard InChI is InChI=1S/C31H31ClFN7O5S/c1-45-30(43)25-24(36-27(28-35-8-11-46-28)37-26(25)21-7-4-18(33)13-22(21)32)16-38-9-10-39-20(14-38)15-40(31(39)44)19-5-2-17(3-6-19)12-23(34)29(41)42/h2-8,11,13,20,23,26H,9-10,12,14-16,34H2,1H3,(H,36,37)(H,41,42)/t20-,23?,26-/m0/s1. The maximum atomic E-state index is 14.0. The van der Waals surface area contributed by atoms with Crippen LogP contribution in [0.25, 0.3) is 0 Å². The number of carbonyl (C=O) groups is 3. The molecular formula is C31H31ClFN7O5S. The van der Waals surface area contributed by atoms with E-state index in [0.717, 1.165) is 5.56 Å². The van der Waals surface area contributed by atoms with Crippen molar-refractivity contribution in [3.05, 3.63) is 92.3 Å². The first-order valence-corrected chi connectivity index (χ1v) is 15.8. The fourth-order valence-corrected chi connectivity index (χ4v) is 6.83. The molecule has 12 nitrogen and oxygen atoms in total. The second-order valence-electron chi connectivity index (χ2n) is 11.2. The van der Waals surface area contributed by atoms with Gasteiger partial charge in [-0.1, -0.05) is 29.8 Å². The second-order valence-corrected chi connectivity index (χ2v) is 12.5. The number of anilines is 1. The Labute approximate surface area is 272 Å². The molecule has 0 bridgehead atoms. The molecule has 2 saturated heterocycles. The highest BCUT2D eigenvalue weighted by molar-refractivity contribution is 7.11. The average Bonchev–Trinajstić information content (AvgIpc) is 3.69. The van der Waals surface area contributed by atoms with Gasteiger partial charge in [0.2, 0.25) is 0 Å². The number of halogens is 2. The fraction of sp³-hybridized carbons (Fsp3) is 0.323. The number of piperazine rings is 1. The Morgan fingerprint density at radius 1 is 1.22 bits per heavy atom. The molecule has 4 heterocycles. The number of carboxylic acids is 1. The number of carbonyl (C=O) groups excluding carboxylic acids is 2. The number of thiazole rings is 1. The minimum absolute atomic E-state index is 0.103. The van der Waals surface area contributed by atoms with Gasteiger partial charge < -0.3 is 25.8 Å². The third-order valence-corrected chi connectivity index (χ3v) is 9.37. The molecule has 1 unspecified atom stereocenters. The van der Waals surface area contributed by atoms with Crippen LogP contribution < -0.4 is 16.0 Å². The summed E-state index contributed by atoms with van der Waals surface area (Å²) in [6.07, 6.45) is 1.85. The van der Waals surface area contributed by atoms with Crippen molar-refractivity contribution < 1.29 is 28.6 Å². The van der Waals surface area contributed by atoms with Crippen molar-refractivity contribution in [3.63, 3.8) is 0 Å². The van der Waals surface area contributed by atoms with Crippen LogP contribution in [0.3, 0.4) is 0 Å². The number of methoxy groups -OCH3 is 1. The van der Waals surface area contributed by atoms with Gasteiger partial charge in [-0.3, -0.25) is 19.6 Å². The van der Waals surface area contributed by atoms with E-state index in [9.17, 15) is 18.8 Å². The van der Waals surface area contributed by atoms with Gasteiger partial charge in [0.25, 0.3) is 0 Å². The number of fused-ring (bicyclic) bond motifs is 1.